The Hall–Kier alpha value is -1.65. The molecule has 0 radical (unpaired) electrons. The highest BCUT2D eigenvalue weighted by atomic mass is 16.3. The highest BCUT2D eigenvalue weighted by molar-refractivity contribution is 5.85. The molecule has 21 heavy (non-hydrogen) atoms. The molecule has 1 atom stereocenters. The van der Waals surface area contributed by atoms with Crippen LogP contribution in [0.3, 0.4) is 0 Å². The maximum Gasteiger partial charge on any atom is 0.256 e. The first kappa shape index (κ1) is 14.3. The van der Waals surface area contributed by atoms with Gasteiger partial charge in [0, 0.05) is 36.7 Å². The third kappa shape index (κ3) is 2.87. The molecule has 2 N–H and O–H groups in total. The lowest BCUT2D eigenvalue weighted by atomic mass is 10.00. The van der Waals surface area contributed by atoms with Crippen molar-refractivity contribution in [3.05, 3.63) is 45.9 Å². The standard InChI is InChI=1S/C17H22N2O2/c1-12-4-2-5-14-15(12)10-16(18-17(14)21)13-6-8-19(11-13)7-3-9-20/h2,4-5,10,13,20H,3,6-9,11H2,1H3,(H,18,21). The summed E-state index contributed by atoms with van der Waals surface area (Å²) in [6, 6.07) is 8.01. The third-order valence-electron chi connectivity index (χ3n) is 4.47. The molecule has 0 amide bonds. The van der Waals surface area contributed by atoms with Crippen molar-refractivity contribution in [2.75, 3.05) is 26.2 Å². The first-order chi connectivity index (χ1) is 10.2. The van der Waals surface area contributed by atoms with E-state index in [0.29, 0.717) is 5.92 Å². The summed E-state index contributed by atoms with van der Waals surface area (Å²) in [7, 11) is 0. The van der Waals surface area contributed by atoms with Crippen molar-refractivity contribution < 1.29 is 5.11 Å². The second kappa shape index (κ2) is 6.00. The first-order valence-electron chi connectivity index (χ1n) is 7.65. The molecule has 2 heterocycles. The SMILES string of the molecule is Cc1cccc2c(=O)[nH]c(C3CCN(CCCO)C3)cc12. The largest absolute Gasteiger partial charge is 0.396 e. The van der Waals surface area contributed by atoms with Crippen molar-refractivity contribution in [1.29, 1.82) is 0 Å². The monoisotopic (exact) mass is 286 g/mol. The lowest BCUT2D eigenvalue weighted by Crippen LogP contribution is -2.23. The average molecular weight is 286 g/mol. The number of nitrogens with zero attached hydrogens (tertiary/aromatic N) is 1. The number of aromatic nitrogens is 1. The van der Waals surface area contributed by atoms with Crippen LogP contribution in [0.1, 0.15) is 30.0 Å². The Morgan fingerprint density at radius 1 is 1.38 bits per heavy atom. The number of pyridine rings is 1. The van der Waals surface area contributed by atoms with Gasteiger partial charge in [-0.05, 0) is 49.4 Å². The van der Waals surface area contributed by atoms with E-state index in [4.69, 9.17) is 5.11 Å². The van der Waals surface area contributed by atoms with Crippen molar-refractivity contribution >= 4 is 10.8 Å². The Morgan fingerprint density at radius 3 is 3.05 bits per heavy atom. The van der Waals surface area contributed by atoms with Gasteiger partial charge in [0.15, 0.2) is 0 Å². The van der Waals surface area contributed by atoms with Crippen LogP contribution in [0.2, 0.25) is 0 Å². The second-order valence-electron chi connectivity index (χ2n) is 5.95. The predicted molar refractivity (Wildman–Crippen MR) is 84.8 cm³/mol. The summed E-state index contributed by atoms with van der Waals surface area (Å²) in [5.74, 6) is 0.389. The molecule has 1 aliphatic heterocycles. The van der Waals surface area contributed by atoms with E-state index in [1.54, 1.807) is 0 Å². The van der Waals surface area contributed by atoms with Crippen molar-refractivity contribution in [3.63, 3.8) is 0 Å². The summed E-state index contributed by atoms with van der Waals surface area (Å²) in [6.07, 6.45) is 1.89. The van der Waals surface area contributed by atoms with Gasteiger partial charge in [-0.15, -0.1) is 0 Å². The summed E-state index contributed by atoms with van der Waals surface area (Å²) >= 11 is 0. The Kier molecular flexibility index (Phi) is 4.08. The number of rotatable bonds is 4. The number of aryl methyl sites for hydroxylation is 1. The van der Waals surface area contributed by atoms with E-state index in [9.17, 15) is 4.79 Å². The van der Waals surface area contributed by atoms with Gasteiger partial charge in [0.25, 0.3) is 5.56 Å². The molecule has 1 aromatic heterocycles. The van der Waals surface area contributed by atoms with Gasteiger partial charge in [-0.3, -0.25) is 4.79 Å². The van der Waals surface area contributed by atoms with E-state index in [0.717, 1.165) is 54.5 Å². The Bertz CT molecular complexity index is 693. The van der Waals surface area contributed by atoms with Crippen LogP contribution in [-0.2, 0) is 0 Å². The molecule has 0 saturated carbocycles. The molecule has 0 spiro atoms. The van der Waals surface area contributed by atoms with Crippen molar-refractivity contribution in [1.82, 2.24) is 9.88 Å². The number of hydrogen-bond acceptors (Lipinski definition) is 3. The quantitative estimate of drug-likeness (QED) is 0.904. The van der Waals surface area contributed by atoms with E-state index in [1.807, 2.05) is 25.1 Å². The van der Waals surface area contributed by atoms with Crippen LogP contribution in [0.15, 0.2) is 29.1 Å². The fourth-order valence-corrected chi connectivity index (χ4v) is 3.26. The molecule has 3 rings (SSSR count). The lowest BCUT2D eigenvalue weighted by Gasteiger charge is -2.15. The van der Waals surface area contributed by atoms with Crippen LogP contribution in [0.4, 0.5) is 0 Å². The first-order valence-corrected chi connectivity index (χ1v) is 7.65. The minimum Gasteiger partial charge on any atom is -0.396 e. The number of hydrogen-bond donors (Lipinski definition) is 2. The molecule has 1 saturated heterocycles. The highest BCUT2D eigenvalue weighted by Crippen LogP contribution is 2.27. The molecular weight excluding hydrogens is 264 g/mol. The van der Waals surface area contributed by atoms with Gasteiger partial charge in [0.2, 0.25) is 0 Å². The normalized spacial score (nSPS) is 19.4. The van der Waals surface area contributed by atoms with Crippen LogP contribution < -0.4 is 5.56 Å². The minimum absolute atomic E-state index is 0.0139. The molecule has 1 aromatic carbocycles. The van der Waals surface area contributed by atoms with E-state index >= 15 is 0 Å². The number of aliphatic hydroxyl groups is 1. The molecule has 1 fully saturated rings. The van der Waals surface area contributed by atoms with E-state index in [1.165, 1.54) is 0 Å². The van der Waals surface area contributed by atoms with Gasteiger partial charge >= 0.3 is 0 Å². The van der Waals surface area contributed by atoms with Crippen LogP contribution in [0.5, 0.6) is 0 Å². The number of aromatic amines is 1. The summed E-state index contributed by atoms with van der Waals surface area (Å²) in [6.45, 7) is 5.23. The van der Waals surface area contributed by atoms with Crippen LogP contribution >= 0.6 is 0 Å². The molecule has 2 aromatic rings. The zero-order chi connectivity index (χ0) is 14.8. The number of benzene rings is 1. The van der Waals surface area contributed by atoms with Crippen LogP contribution in [0.25, 0.3) is 10.8 Å². The fraction of sp³-hybridized carbons (Fsp3) is 0.471. The molecule has 0 bridgehead atoms. The summed E-state index contributed by atoms with van der Waals surface area (Å²) in [5, 5.41) is 10.8. The smallest absolute Gasteiger partial charge is 0.256 e. The summed E-state index contributed by atoms with van der Waals surface area (Å²) in [4.78, 5) is 17.7. The van der Waals surface area contributed by atoms with Gasteiger partial charge < -0.3 is 15.0 Å². The Morgan fingerprint density at radius 2 is 2.24 bits per heavy atom. The highest BCUT2D eigenvalue weighted by Gasteiger charge is 2.24. The van der Waals surface area contributed by atoms with E-state index in [2.05, 4.69) is 16.0 Å². The third-order valence-corrected chi connectivity index (χ3v) is 4.47. The zero-order valence-corrected chi connectivity index (χ0v) is 12.4. The van der Waals surface area contributed by atoms with Gasteiger partial charge in [0.05, 0.1) is 0 Å². The van der Waals surface area contributed by atoms with Gasteiger partial charge in [-0.2, -0.15) is 0 Å². The maximum absolute atomic E-state index is 12.3. The lowest BCUT2D eigenvalue weighted by molar-refractivity contribution is 0.246. The fourth-order valence-electron chi connectivity index (χ4n) is 3.26. The molecule has 4 nitrogen and oxygen atoms in total. The van der Waals surface area contributed by atoms with Crippen molar-refractivity contribution in [2.24, 2.45) is 0 Å². The minimum atomic E-state index is 0.0139. The molecule has 0 aliphatic carbocycles. The van der Waals surface area contributed by atoms with Crippen LogP contribution in [-0.4, -0.2) is 41.2 Å². The van der Waals surface area contributed by atoms with E-state index < -0.39 is 0 Å². The molecular formula is C17H22N2O2. The van der Waals surface area contributed by atoms with Crippen LogP contribution in [0, 0.1) is 6.92 Å². The Balaban J connectivity index is 1.88. The van der Waals surface area contributed by atoms with Gasteiger partial charge in [-0.25, -0.2) is 0 Å². The molecule has 1 unspecified atom stereocenters. The van der Waals surface area contributed by atoms with E-state index in [-0.39, 0.29) is 12.2 Å². The summed E-state index contributed by atoms with van der Waals surface area (Å²) < 4.78 is 0. The second-order valence-corrected chi connectivity index (χ2v) is 5.95. The maximum atomic E-state index is 12.3. The number of likely N-dealkylation sites (tertiary alicyclic amines) is 1. The van der Waals surface area contributed by atoms with Gasteiger partial charge in [-0.1, -0.05) is 12.1 Å². The summed E-state index contributed by atoms with van der Waals surface area (Å²) in [5.41, 5.74) is 2.21. The molecule has 112 valence electrons. The number of nitrogens with one attached hydrogen (secondary N) is 1. The average Bonchev–Trinajstić information content (AvgIpc) is 2.95. The van der Waals surface area contributed by atoms with Gasteiger partial charge in [0.1, 0.15) is 0 Å². The Labute approximate surface area is 124 Å². The number of aliphatic hydroxyl groups excluding tert-OH is 1. The van der Waals surface area contributed by atoms with Crippen molar-refractivity contribution in [2.45, 2.75) is 25.7 Å². The molecule has 1 aliphatic rings. The van der Waals surface area contributed by atoms with Crippen molar-refractivity contribution in [3.8, 4) is 0 Å². The number of fused-ring (bicyclic) bond motifs is 1. The predicted octanol–water partition coefficient (Wildman–Crippen LogP) is 2.01. The topological polar surface area (TPSA) is 56.3 Å². The zero-order valence-electron chi connectivity index (χ0n) is 12.4. The number of H-pyrrole nitrogens is 1. The molecule has 4 heteroatoms.